The molecule has 2 atom stereocenters. The summed E-state index contributed by atoms with van der Waals surface area (Å²) in [5.41, 5.74) is -2.89. The Hall–Kier alpha value is -1.04. The molecule has 0 aliphatic heterocycles. The second-order valence-electron chi connectivity index (χ2n) is 4.04. The van der Waals surface area contributed by atoms with Gasteiger partial charge in [-0.15, -0.1) is 0 Å². The molecular formula is C10H14F3NO2. The minimum absolute atomic E-state index is 0.523. The maximum atomic E-state index is 12.6. The van der Waals surface area contributed by atoms with Crippen LogP contribution in [0.4, 0.5) is 13.2 Å². The molecule has 0 spiro atoms. The van der Waals surface area contributed by atoms with E-state index in [2.05, 4.69) is 5.32 Å². The van der Waals surface area contributed by atoms with Gasteiger partial charge in [0.25, 0.3) is 0 Å². The van der Waals surface area contributed by atoms with Gasteiger partial charge in [0.1, 0.15) is 0 Å². The third-order valence-corrected chi connectivity index (χ3v) is 2.72. The van der Waals surface area contributed by atoms with Gasteiger partial charge >= 0.3 is 12.1 Å². The highest BCUT2D eigenvalue weighted by Gasteiger charge is 2.57. The van der Waals surface area contributed by atoms with Crippen LogP contribution in [0.3, 0.4) is 0 Å². The molecule has 0 aromatic carbocycles. The normalized spacial score (nSPS) is 25.1. The van der Waals surface area contributed by atoms with Crippen molar-refractivity contribution in [1.29, 1.82) is 0 Å². The zero-order chi connectivity index (χ0) is 12.4. The first-order valence-corrected chi connectivity index (χ1v) is 5.02. The number of alkyl halides is 3. The number of carboxylic acids is 1. The van der Waals surface area contributed by atoms with Crippen LogP contribution in [0.2, 0.25) is 0 Å². The first-order chi connectivity index (χ1) is 7.27. The predicted molar refractivity (Wildman–Crippen MR) is 52.0 cm³/mol. The van der Waals surface area contributed by atoms with Crippen LogP contribution in [-0.4, -0.2) is 28.8 Å². The van der Waals surface area contributed by atoms with E-state index in [0.29, 0.717) is 13.3 Å². The van der Waals surface area contributed by atoms with Gasteiger partial charge < -0.3 is 5.11 Å². The van der Waals surface area contributed by atoms with Crippen LogP contribution in [0.5, 0.6) is 0 Å². The summed E-state index contributed by atoms with van der Waals surface area (Å²) in [6.45, 7) is 0.651. The van der Waals surface area contributed by atoms with Gasteiger partial charge in [-0.2, -0.15) is 13.2 Å². The van der Waals surface area contributed by atoms with E-state index in [9.17, 15) is 18.0 Å². The van der Waals surface area contributed by atoms with Crippen molar-refractivity contribution in [2.75, 3.05) is 0 Å². The summed E-state index contributed by atoms with van der Waals surface area (Å²) in [6.07, 6.45) is 0.658. The van der Waals surface area contributed by atoms with Crippen LogP contribution >= 0.6 is 0 Å². The molecule has 0 aromatic rings. The fourth-order valence-corrected chi connectivity index (χ4v) is 1.57. The Morgan fingerprint density at radius 1 is 1.50 bits per heavy atom. The van der Waals surface area contributed by atoms with Gasteiger partial charge in [0.15, 0.2) is 0 Å². The number of hydrogen-bond donors (Lipinski definition) is 2. The molecule has 0 fully saturated rings. The lowest BCUT2D eigenvalue weighted by Crippen LogP contribution is -2.62. The second kappa shape index (κ2) is 4.45. The first kappa shape index (κ1) is 13.0. The Morgan fingerprint density at radius 3 is 2.50 bits per heavy atom. The SMILES string of the molecule is CC(NC1C=CCCC1)(C(=O)O)C(F)(F)F. The van der Waals surface area contributed by atoms with E-state index in [1.807, 2.05) is 0 Å². The maximum Gasteiger partial charge on any atom is 0.417 e. The minimum Gasteiger partial charge on any atom is -0.480 e. The van der Waals surface area contributed by atoms with Crippen molar-refractivity contribution in [3.63, 3.8) is 0 Å². The van der Waals surface area contributed by atoms with Crippen LogP contribution in [0.1, 0.15) is 26.2 Å². The number of rotatable bonds is 3. The van der Waals surface area contributed by atoms with E-state index in [4.69, 9.17) is 5.11 Å². The number of carbonyl (C=O) groups is 1. The van der Waals surface area contributed by atoms with Crippen molar-refractivity contribution in [2.45, 2.75) is 43.9 Å². The third-order valence-electron chi connectivity index (χ3n) is 2.72. The molecule has 0 radical (unpaired) electrons. The molecule has 0 saturated heterocycles. The molecule has 2 unspecified atom stereocenters. The average molecular weight is 237 g/mol. The van der Waals surface area contributed by atoms with Gasteiger partial charge in [0.2, 0.25) is 5.54 Å². The summed E-state index contributed by atoms with van der Waals surface area (Å²) in [5, 5.41) is 10.9. The minimum atomic E-state index is -4.82. The van der Waals surface area contributed by atoms with Gasteiger partial charge in [-0.25, -0.2) is 4.79 Å². The Morgan fingerprint density at radius 2 is 2.12 bits per heavy atom. The molecule has 1 rings (SSSR count). The van der Waals surface area contributed by atoms with E-state index in [-0.39, 0.29) is 0 Å². The molecule has 0 amide bonds. The molecule has 0 aromatic heterocycles. The lowest BCUT2D eigenvalue weighted by molar-refractivity contribution is -0.207. The van der Waals surface area contributed by atoms with Crippen molar-refractivity contribution in [2.24, 2.45) is 0 Å². The molecular weight excluding hydrogens is 223 g/mol. The fraction of sp³-hybridized carbons (Fsp3) is 0.700. The standard InChI is InChI=1S/C10H14F3NO2/c1-9(8(15)16,10(11,12)13)14-7-5-3-2-4-6-7/h3,5,7,14H,2,4,6H2,1H3,(H,15,16). The van der Waals surface area contributed by atoms with Crippen LogP contribution in [0.15, 0.2) is 12.2 Å². The number of allylic oxidation sites excluding steroid dienone is 1. The number of carboxylic acid groups (broad SMARTS) is 1. The zero-order valence-corrected chi connectivity index (χ0v) is 8.84. The van der Waals surface area contributed by atoms with Gasteiger partial charge in [-0.05, 0) is 26.2 Å². The van der Waals surface area contributed by atoms with Crippen molar-refractivity contribution < 1.29 is 23.1 Å². The van der Waals surface area contributed by atoms with E-state index in [1.165, 1.54) is 0 Å². The Bertz CT molecular complexity index is 301. The van der Waals surface area contributed by atoms with E-state index in [1.54, 1.807) is 12.2 Å². The van der Waals surface area contributed by atoms with Gasteiger partial charge in [0.05, 0.1) is 0 Å². The summed E-state index contributed by atoms with van der Waals surface area (Å²) < 4.78 is 37.9. The molecule has 1 aliphatic rings. The monoisotopic (exact) mass is 237 g/mol. The molecule has 2 N–H and O–H groups in total. The van der Waals surface area contributed by atoms with Gasteiger partial charge in [0, 0.05) is 6.04 Å². The summed E-state index contributed by atoms with van der Waals surface area (Å²) in [5.74, 6) is -1.90. The highest BCUT2D eigenvalue weighted by atomic mass is 19.4. The number of halogens is 3. The smallest absolute Gasteiger partial charge is 0.417 e. The Balaban J connectivity index is 2.83. The van der Waals surface area contributed by atoms with E-state index >= 15 is 0 Å². The average Bonchev–Trinajstić information content (AvgIpc) is 2.17. The fourth-order valence-electron chi connectivity index (χ4n) is 1.57. The molecule has 1 aliphatic carbocycles. The Kier molecular flexibility index (Phi) is 3.62. The third kappa shape index (κ3) is 2.55. The molecule has 6 heteroatoms. The van der Waals surface area contributed by atoms with Crippen molar-refractivity contribution in [1.82, 2.24) is 5.32 Å². The van der Waals surface area contributed by atoms with Crippen molar-refractivity contribution in [3.8, 4) is 0 Å². The predicted octanol–water partition coefficient (Wildman–Crippen LogP) is 2.09. The second-order valence-corrected chi connectivity index (χ2v) is 4.04. The number of aliphatic carboxylic acids is 1. The van der Waals surface area contributed by atoms with Crippen molar-refractivity contribution >= 4 is 5.97 Å². The molecule has 0 heterocycles. The summed E-state index contributed by atoms with van der Waals surface area (Å²) in [7, 11) is 0. The topological polar surface area (TPSA) is 49.3 Å². The van der Waals surface area contributed by atoms with Gasteiger partial charge in [-0.3, -0.25) is 5.32 Å². The Labute approximate surface area is 91.3 Å². The van der Waals surface area contributed by atoms with Crippen LogP contribution in [0.25, 0.3) is 0 Å². The molecule has 16 heavy (non-hydrogen) atoms. The largest absolute Gasteiger partial charge is 0.480 e. The summed E-state index contributed by atoms with van der Waals surface area (Å²) in [4.78, 5) is 10.7. The quantitative estimate of drug-likeness (QED) is 0.739. The summed E-state index contributed by atoms with van der Waals surface area (Å²) in [6, 6.07) is -0.531. The molecule has 3 nitrogen and oxygen atoms in total. The summed E-state index contributed by atoms with van der Waals surface area (Å²) >= 11 is 0. The molecule has 92 valence electrons. The highest BCUT2D eigenvalue weighted by Crippen LogP contribution is 2.31. The van der Waals surface area contributed by atoms with E-state index < -0.39 is 23.7 Å². The van der Waals surface area contributed by atoms with Crippen LogP contribution in [0, 0.1) is 0 Å². The number of nitrogens with one attached hydrogen (secondary N) is 1. The maximum absolute atomic E-state index is 12.6. The van der Waals surface area contributed by atoms with Crippen molar-refractivity contribution in [3.05, 3.63) is 12.2 Å². The van der Waals surface area contributed by atoms with Crippen LogP contribution in [-0.2, 0) is 4.79 Å². The lowest BCUT2D eigenvalue weighted by Gasteiger charge is -2.33. The van der Waals surface area contributed by atoms with Gasteiger partial charge in [-0.1, -0.05) is 12.2 Å². The van der Waals surface area contributed by atoms with Crippen LogP contribution < -0.4 is 5.32 Å². The lowest BCUT2D eigenvalue weighted by atomic mass is 9.96. The first-order valence-electron chi connectivity index (χ1n) is 5.02. The highest BCUT2D eigenvalue weighted by molar-refractivity contribution is 5.79. The number of hydrogen-bond acceptors (Lipinski definition) is 2. The molecule has 0 saturated carbocycles. The molecule has 0 bridgehead atoms. The zero-order valence-electron chi connectivity index (χ0n) is 8.84. The van der Waals surface area contributed by atoms with E-state index in [0.717, 1.165) is 12.8 Å².